The normalized spacial score (nSPS) is 9.43. The highest BCUT2D eigenvalue weighted by Crippen LogP contribution is 2.16. The Kier molecular flexibility index (Phi) is 4.08. The Hall–Kier alpha value is -1.41. The van der Waals surface area contributed by atoms with Crippen molar-refractivity contribution in [3.05, 3.63) is 6.07 Å². The summed E-state index contributed by atoms with van der Waals surface area (Å²) in [6.07, 6.45) is 7.52. The Morgan fingerprint density at radius 2 is 2.43 bits per heavy atom. The van der Waals surface area contributed by atoms with Crippen molar-refractivity contribution in [3.8, 4) is 18.2 Å². The quantitative estimate of drug-likeness (QED) is 0.349. The second-order valence-electron chi connectivity index (χ2n) is 2.42. The van der Waals surface area contributed by atoms with Gasteiger partial charge in [0, 0.05) is 12.5 Å². The summed E-state index contributed by atoms with van der Waals surface area (Å²) in [6.45, 7) is 0.445. The fourth-order valence-electron chi connectivity index (χ4n) is 0.801. The molecule has 1 aromatic rings. The highest BCUT2D eigenvalue weighted by Gasteiger charge is 2.01. The van der Waals surface area contributed by atoms with Crippen LogP contribution in [0, 0.1) is 12.3 Å². The first-order chi connectivity index (χ1) is 6.76. The zero-order chi connectivity index (χ0) is 10.4. The van der Waals surface area contributed by atoms with E-state index in [1.807, 2.05) is 6.26 Å². The molecule has 2 N–H and O–H groups in total. The average Bonchev–Trinajstić information content (AvgIpc) is 2.17. The van der Waals surface area contributed by atoms with Gasteiger partial charge in [0.15, 0.2) is 5.16 Å². The van der Waals surface area contributed by atoms with Crippen LogP contribution in [0.3, 0.4) is 0 Å². The van der Waals surface area contributed by atoms with Crippen LogP contribution in [0.4, 0.5) is 5.82 Å². The predicted molar refractivity (Wildman–Crippen MR) is 57.2 cm³/mol. The molecule has 0 aliphatic carbocycles. The second kappa shape index (κ2) is 5.35. The van der Waals surface area contributed by atoms with E-state index in [1.54, 1.807) is 6.07 Å². The molecule has 1 heterocycles. The fourth-order valence-corrected chi connectivity index (χ4v) is 1.18. The summed E-state index contributed by atoms with van der Waals surface area (Å²) in [7, 11) is 0. The van der Waals surface area contributed by atoms with E-state index in [1.165, 1.54) is 11.8 Å². The molecule has 0 unspecified atom stereocenters. The molecule has 0 bridgehead atoms. The van der Waals surface area contributed by atoms with Crippen LogP contribution in [0.25, 0.3) is 0 Å². The maximum absolute atomic E-state index is 5.55. The molecule has 0 aliphatic rings. The van der Waals surface area contributed by atoms with Gasteiger partial charge in [-0.3, -0.25) is 0 Å². The number of hydrogen-bond donors (Lipinski definition) is 1. The molecule has 0 saturated heterocycles. The largest absolute Gasteiger partial charge is 0.476 e. The van der Waals surface area contributed by atoms with Crippen molar-refractivity contribution < 1.29 is 4.74 Å². The van der Waals surface area contributed by atoms with Gasteiger partial charge in [0.1, 0.15) is 12.4 Å². The van der Waals surface area contributed by atoms with E-state index in [0.717, 1.165) is 0 Å². The van der Waals surface area contributed by atoms with Crippen LogP contribution in [0.5, 0.6) is 5.88 Å². The first-order valence-corrected chi connectivity index (χ1v) is 5.23. The molecule has 1 rings (SSSR count). The SMILES string of the molecule is C#CCCOc1cc(N)nc(SC)n1. The third-order valence-electron chi connectivity index (χ3n) is 1.38. The fraction of sp³-hybridized carbons (Fsp3) is 0.333. The molecular formula is C9H11N3OS. The van der Waals surface area contributed by atoms with Gasteiger partial charge in [-0.25, -0.2) is 4.98 Å². The molecular weight excluding hydrogens is 198 g/mol. The number of anilines is 1. The Balaban J connectivity index is 2.67. The van der Waals surface area contributed by atoms with Crippen molar-refractivity contribution >= 4 is 17.6 Å². The number of nitrogen functional groups attached to an aromatic ring is 1. The Morgan fingerprint density at radius 1 is 1.64 bits per heavy atom. The lowest BCUT2D eigenvalue weighted by Gasteiger charge is -2.04. The van der Waals surface area contributed by atoms with Crippen molar-refractivity contribution in [2.75, 3.05) is 18.6 Å². The van der Waals surface area contributed by atoms with Crippen molar-refractivity contribution in [2.24, 2.45) is 0 Å². The van der Waals surface area contributed by atoms with Gasteiger partial charge in [0.05, 0.1) is 0 Å². The first kappa shape index (κ1) is 10.7. The topological polar surface area (TPSA) is 61.0 Å². The number of rotatable bonds is 4. The third-order valence-corrected chi connectivity index (χ3v) is 1.93. The van der Waals surface area contributed by atoms with Gasteiger partial charge >= 0.3 is 0 Å². The Morgan fingerprint density at radius 3 is 3.07 bits per heavy atom. The van der Waals surface area contributed by atoms with E-state index in [9.17, 15) is 0 Å². The van der Waals surface area contributed by atoms with Gasteiger partial charge in [0.2, 0.25) is 5.88 Å². The smallest absolute Gasteiger partial charge is 0.219 e. The number of aromatic nitrogens is 2. The molecule has 0 saturated carbocycles. The second-order valence-corrected chi connectivity index (χ2v) is 3.19. The lowest BCUT2D eigenvalue weighted by molar-refractivity contribution is 0.311. The van der Waals surface area contributed by atoms with Crippen molar-refractivity contribution in [1.82, 2.24) is 9.97 Å². The van der Waals surface area contributed by atoms with Crippen molar-refractivity contribution in [2.45, 2.75) is 11.6 Å². The third kappa shape index (κ3) is 3.15. The Bertz CT molecular complexity index is 348. The zero-order valence-electron chi connectivity index (χ0n) is 7.86. The molecule has 1 aromatic heterocycles. The highest BCUT2D eigenvalue weighted by molar-refractivity contribution is 7.98. The van der Waals surface area contributed by atoms with Crippen molar-refractivity contribution in [1.29, 1.82) is 0 Å². The maximum atomic E-state index is 5.55. The number of hydrogen-bond acceptors (Lipinski definition) is 5. The van der Waals surface area contributed by atoms with Crippen LogP contribution in [0.2, 0.25) is 0 Å². The number of nitrogens with zero attached hydrogens (tertiary/aromatic N) is 2. The molecule has 0 aliphatic heterocycles. The number of nitrogens with two attached hydrogens (primary N) is 1. The summed E-state index contributed by atoms with van der Waals surface area (Å²) >= 11 is 1.41. The van der Waals surface area contributed by atoms with E-state index >= 15 is 0 Å². The number of terminal acetylenes is 1. The molecule has 0 atom stereocenters. The first-order valence-electron chi connectivity index (χ1n) is 4.01. The van der Waals surface area contributed by atoms with Gasteiger partial charge in [-0.1, -0.05) is 11.8 Å². The van der Waals surface area contributed by atoms with E-state index in [4.69, 9.17) is 16.9 Å². The molecule has 0 fully saturated rings. The zero-order valence-corrected chi connectivity index (χ0v) is 8.67. The average molecular weight is 209 g/mol. The molecule has 0 radical (unpaired) electrons. The van der Waals surface area contributed by atoms with Crippen LogP contribution in [-0.4, -0.2) is 22.8 Å². The van der Waals surface area contributed by atoms with E-state index in [2.05, 4.69) is 15.9 Å². The van der Waals surface area contributed by atoms with Crippen LogP contribution in [0.1, 0.15) is 6.42 Å². The van der Waals surface area contributed by atoms with Crippen molar-refractivity contribution in [3.63, 3.8) is 0 Å². The highest BCUT2D eigenvalue weighted by atomic mass is 32.2. The standard InChI is InChI=1S/C9H11N3OS/c1-3-4-5-13-8-6-7(10)11-9(12-8)14-2/h1,6H,4-5H2,2H3,(H2,10,11,12). The lowest BCUT2D eigenvalue weighted by atomic mass is 10.5. The maximum Gasteiger partial charge on any atom is 0.219 e. The molecule has 5 heteroatoms. The molecule has 0 amide bonds. The summed E-state index contributed by atoms with van der Waals surface area (Å²) in [5.74, 6) is 3.35. The molecule has 14 heavy (non-hydrogen) atoms. The predicted octanol–water partition coefficient (Wildman–Crippen LogP) is 1.18. The van der Waals surface area contributed by atoms with Crippen LogP contribution in [-0.2, 0) is 0 Å². The summed E-state index contributed by atoms with van der Waals surface area (Å²) in [5, 5.41) is 0.598. The minimum Gasteiger partial charge on any atom is -0.476 e. The summed E-state index contributed by atoms with van der Waals surface area (Å²) in [6, 6.07) is 1.58. The number of ether oxygens (including phenoxy) is 1. The molecule has 0 spiro atoms. The van der Waals surface area contributed by atoms with Crippen LogP contribution in [0.15, 0.2) is 11.2 Å². The minimum atomic E-state index is 0.403. The van der Waals surface area contributed by atoms with Gasteiger partial charge in [-0.05, 0) is 6.26 Å². The monoisotopic (exact) mass is 209 g/mol. The van der Waals surface area contributed by atoms with E-state index < -0.39 is 0 Å². The molecule has 0 aromatic carbocycles. The van der Waals surface area contributed by atoms with E-state index in [0.29, 0.717) is 29.9 Å². The minimum absolute atomic E-state index is 0.403. The van der Waals surface area contributed by atoms with Crippen LogP contribution >= 0.6 is 11.8 Å². The molecule has 4 nitrogen and oxygen atoms in total. The lowest BCUT2D eigenvalue weighted by Crippen LogP contribution is -2.01. The van der Waals surface area contributed by atoms with Gasteiger partial charge in [-0.15, -0.1) is 12.3 Å². The van der Waals surface area contributed by atoms with E-state index in [-0.39, 0.29) is 0 Å². The number of thioether (sulfide) groups is 1. The van der Waals surface area contributed by atoms with Crippen LogP contribution < -0.4 is 10.5 Å². The van der Waals surface area contributed by atoms with Gasteiger partial charge < -0.3 is 10.5 Å². The Labute approximate surface area is 87.3 Å². The van der Waals surface area contributed by atoms with Gasteiger partial charge in [0.25, 0.3) is 0 Å². The summed E-state index contributed by atoms with van der Waals surface area (Å²) < 4.78 is 5.28. The summed E-state index contributed by atoms with van der Waals surface area (Å²) in [5.41, 5.74) is 5.55. The molecule has 74 valence electrons. The summed E-state index contributed by atoms with van der Waals surface area (Å²) in [4.78, 5) is 8.09. The van der Waals surface area contributed by atoms with Gasteiger partial charge in [-0.2, -0.15) is 4.98 Å².